The zero-order valence-electron chi connectivity index (χ0n) is 22.3. The lowest BCUT2D eigenvalue weighted by molar-refractivity contribution is -0.140. The fourth-order valence-corrected chi connectivity index (χ4v) is 4.36. The van der Waals surface area contributed by atoms with E-state index in [1.807, 2.05) is 6.92 Å². The van der Waals surface area contributed by atoms with Gasteiger partial charge >= 0.3 is 12.2 Å². The quantitative estimate of drug-likeness (QED) is 0.495. The van der Waals surface area contributed by atoms with Crippen molar-refractivity contribution in [2.75, 3.05) is 51.0 Å². The maximum Gasteiger partial charge on any atom is 0.390 e. The minimum absolute atomic E-state index is 0.00997. The summed E-state index contributed by atoms with van der Waals surface area (Å²) < 4.78 is 64.5. The standard InChI is InChI=1S/C27H34F4N4O4/c1-17-14-35(12-11-27(29,30)31)18(2)16-39-23-10-9-19(13-20(23)25(36)34(3)15-24(17)38-4)32-26(37)33-22-8-6-5-7-21(22)28/h5-10,13,17-18,24H,11-12,14-16H2,1-4H3,(H2,32,33,37)/t17-,18-,24+/m0/s1. The summed E-state index contributed by atoms with van der Waals surface area (Å²) in [4.78, 5) is 29.1. The first-order valence-electron chi connectivity index (χ1n) is 12.6. The summed E-state index contributed by atoms with van der Waals surface area (Å²) >= 11 is 0. The number of rotatable bonds is 5. The molecular weight excluding hydrogens is 520 g/mol. The zero-order chi connectivity index (χ0) is 28.7. The number of hydrogen-bond donors (Lipinski definition) is 2. The first-order chi connectivity index (χ1) is 18.4. The molecule has 1 heterocycles. The zero-order valence-corrected chi connectivity index (χ0v) is 22.3. The Morgan fingerprint density at radius 3 is 2.51 bits per heavy atom. The molecule has 0 saturated heterocycles. The average Bonchev–Trinajstić information content (AvgIpc) is 2.88. The van der Waals surface area contributed by atoms with E-state index in [-0.39, 0.29) is 54.2 Å². The summed E-state index contributed by atoms with van der Waals surface area (Å²) in [5.41, 5.74) is 0.402. The Morgan fingerprint density at radius 2 is 1.85 bits per heavy atom. The molecular formula is C27H34F4N4O4. The Bertz CT molecular complexity index is 1150. The molecule has 3 atom stereocenters. The molecule has 8 nitrogen and oxygen atoms in total. The normalized spacial score (nSPS) is 21.3. The summed E-state index contributed by atoms with van der Waals surface area (Å²) in [6, 6.07) is 9.06. The van der Waals surface area contributed by atoms with Crippen molar-refractivity contribution in [2.45, 2.75) is 38.6 Å². The number of fused-ring (bicyclic) bond motifs is 1. The van der Waals surface area contributed by atoms with E-state index >= 15 is 0 Å². The van der Waals surface area contributed by atoms with Gasteiger partial charge in [-0.25, -0.2) is 9.18 Å². The predicted octanol–water partition coefficient (Wildman–Crippen LogP) is 5.23. The average molecular weight is 555 g/mol. The monoisotopic (exact) mass is 554 g/mol. The smallest absolute Gasteiger partial charge is 0.390 e. The van der Waals surface area contributed by atoms with Crippen LogP contribution in [-0.2, 0) is 4.74 Å². The van der Waals surface area contributed by atoms with E-state index in [0.717, 1.165) is 0 Å². The minimum Gasteiger partial charge on any atom is -0.491 e. The van der Waals surface area contributed by atoms with Crippen molar-refractivity contribution in [3.8, 4) is 5.75 Å². The molecule has 0 saturated carbocycles. The lowest BCUT2D eigenvalue weighted by Gasteiger charge is -2.36. The lowest BCUT2D eigenvalue weighted by atomic mass is 10.0. The van der Waals surface area contributed by atoms with E-state index in [1.165, 1.54) is 48.4 Å². The van der Waals surface area contributed by atoms with Crippen LogP contribution in [0.3, 0.4) is 0 Å². The number of nitrogens with one attached hydrogen (secondary N) is 2. The molecule has 2 aromatic rings. The van der Waals surface area contributed by atoms with Gasteiger partial charge in [-0.15, -0.1) is 0 Å². The third-order valence-electron chi connectivity index (χ3n) is 6.64. The number of carbonyl (C=O) groups is 2. The molecule has 1 aliphatic rings. The molecule has 0 bridgehead atoms. The van der Waals surface area contributed by atoms with Crippen molar-refractivity contribution in [3.63, 3.8) is 0 Å². The van der Waals surface area contributed by atoms with Crippen LogP contribution in [0.15, 0.2) is 42.5 Å². The largest absolute Gasteiger partial charge is 0.491 e. The fourth-order valence-electron chi connectivity index (χ4n) is 4.36. The van der Waals surface area contributed by atoms with Gasteiger partial charge in [-0.3, -0.25) is 9.69 Å². The number of likely N-dealkylation sites (N-methyl/N-ethyl adjacent to an activating group) is 1. The van der Waals surface area contributed by atoms with Gasteiger partial charge < -0.3 is 25.0 Å². The molecule has 2 aromatic carbocycles. The number of halogens is 4. The van der Waals surface area contributed by atoms with Crippen molar-refractivity contribution in [1.82, 2.24) is 9.80 Å². The highest BCUT2D eigenvalue weighted by Crippen LogP contribution is 2.27. The third kappa shape index (κ3) is 8.56. The van der Waals surface area contributed by atoms with Gasteiger partial charge in [0, 0.05) is 45.5 Å². The van der Waals surface area contributed by atoms with E-state index in [9.17, 15) is 27.2 Å². The lowest BCUT2D eigenvalue weighted by Crippen LogP contribution is -2.47. The second kappa shape index (κ2) is 13.1. The van der Waals surface area contributed by atoms with Crippen molar-refractivity contribution < 1.29 is 36.6 Å². The van der Waals surface area contributed by atoms with Gasteiger partial charge in [0.05, 0.1) is 23.8 Å². The van der Waals surface area contributed by atoms with Crippen LogP contribution in [0, 0.1) is 11.7 Å². The number of benzene rings is 2. The summed E-state index contributed by atoms with van der Waals surface area (Å²) in [6.45, 7) is 3.99. The van der Waals surface area contributed by atoms with E-state index in [4.69, 9.17) is 9.47 Å². The SMILES string of the molecule is CO[C@@H]1CN(C)C(=O)c2cc(NC(=O)Nc3ccccc3F)ccc2OC[C@H](C)N(CCC(F)(F)F)C[C@@H]1C. The molecule has 0 radical (unpaired) electrons. The van der Waals surface area contributed by atoms with Crippen LogP contribution in [0.1, 0.15) is 30.6 Å². The molecule has 0 spiro atoms. The van der Waals surface area contributed by atoms with Gasteiger partial charge in [-0.2, -0.15) is 13.2 Å². The fraction of sp³-hybridized carbons (Fsp3) is 0.481. The minimum atomic E-state index is -4.30. The number of para-hydroxylation sites is 1. The Hall–Kier alpha value is -3.38. The van der Waals surface area contributed by atoms with Crippen LogP contribution >= 0.6 is 0 Å². The highest BCUT2D eigenvalue weighted by Gasteiger charge is 2.32. The first kappa shape index (κ1) is 30.2. The van der Waals surface area contributed by atoms with Gasteiger partial charge in [0.2, 0.25) is 0 Å². The molecule has 1 aliphatic heterocycles. The topological polar surface area (TPSA) is 83.1 Å². The molecule has 3 amide bonds. The molecule has 0 aromatic heterocycles. The van der Waals surface area contributed by atoms with Crippen molar-refractivity contribution >= 4 is 23.3 Å². The molecule has 3 rings (SSSR count). The summed E-state index contributed by atoms with van der Waals surface area (Å²) in [6.07, 6.45) is -5.69. The van der Waals surface area contributed by atoms with Crippen LogP contribution in [0.25, 0.3) is 0 Å². The number of nitrogens with zero attached hydrogens (tertiary/aromatic N) is 2. The molecule has 0 unspecified atom stereocenters. The number of amides is 3. The summed E-state index contributed by atoms with van der Waals surface area (Å²) in [5.74, 6) is -0.956. The van der Waals surface area contributed by atoms with Gasteiger partial charge in [0.1, 0.15) is 18.2 Å². The maximum atomic E-state index is 13.9. The van der Waals surface area contributed by atoms with E-state index in [0.29, 0.717) is 6.54 Å². The number of hydrogen-bond acceptors (Lipinski definition) is 5. The molecule has 39 heavy (non-hydrogen) atoms. The number of alkyl halides is 3. The van der Waals surface area contributed by atoms with Crippen molar-refractivity contribution in [3.05, 3.63) is 53.8 Å². The Balaban J connectivity index is 1.86. The third-order valence-corrected chi connectivity index (χ3v) is 6.64. The highest BCUT2D eigenvalue weighted by molar-refractivity contribution is 6.02. The first-order valence-corrected chi connectivity index (χ1v) is 12.6. The van der Waals surface area contributed by atoms with Crippen molar-refractivity contribution in [1.29, 1.82) is 0 Å². The van der Waals surface area contributed by atoms with Crippen LogP contribution in [-0.4, -0.2) is 80.5 Å². The number of urea groups is 1. The number of ether oxygens (including phenoxy) is 2. The second-order valence-electron chi connectivity index (χ2n) is 9.73. The molecule has 2 N–H and O–H groups in total. The summed E-state index contributed by atoms with van der Waals surface area (Å²) in [5, 5.41) is 4.99. The van der Waals surface area contributed by atoms with Gasteiger partial charge in [-0.05, 0) is 43.2 Å². The van der Waals surface area contributed by atoms with Crippen LogP contribution in [0.4, 0.5) is 33.7 Å². The maximum absolute atomic E-state index is 13.9. The van der Waals surface area contributed by atoms with Crippen LogP contribution in [0.5, 0.6) is 5.75 Å². The number of carbonyl (C=O) groups excluding carboxylic acids is 2. The van der Waals surface area contributed by atoms with Crippen molar-refractivity contribution in [2.24, 2.45) is 5.92 Å². The number of methoxy groups -OCH3 is 1. The Labute approximate surface area is 225 Å². The van der Waals surface area contributed by atoms with Gasteiger partial charge in [-0.1, -0.05) is 19.1 Å². The van der Waals surface area contributed by atoms with Crippen LogP contribution < -0.4 is 15.4 Å². The van der Waals surface area contributed by atoms with E-state index < -0.39 is 36.6 Å². The molecule has 12 heteroatoms. The number of anilines is 2. The molecule has 0 fully saturated rings. The molecule has 0 aliphatic carbocycles. The van der Waals surface area contributed by atoms with E-state index in [2.05, 4.69) is 10.6 Å². The summed E-state index contributed by atoms with van der Waals surface area (Å²) in [7, 11) is 3.09. The van der Waals surface area contributed by atoms with Gasteiger partial charge in [0.25, 0.3) is 5.91 Å². The Kier molecular flexibility index (Phi) is 10.1. The van der Waals surface area contributed by atoms with Gasteiger partial charge in [0.15, 0.2) is 0 Å². The van der Waals surface area contributed by atoms with Crippen LogP contribution in [0.2, 0.25) is 0 Å². The predicted molar refractivity (Wildman–Crippen MR) is 140 cm³/mol. The van der Waals surface area contributed by atoms with E-state index in [1.54, 1.807) is 24.9 Å². The molecule has 214 valence electrons. The second-order valence-corrected chi connectivity index (χ2v) is 9.73. The Morgan fingerprint density at radius 1 is 1.13 bits per heavy atom. The highest BCUT2D eigenvalue weighted by atomic mass is 19.4.